The molecule has 0 unspecified atom stereocenters. The van der Waals surface area contributed by atoms with Gasteiger partial charge in [0.15, 0.2) is 0 Å². The van der Waals surface area contributed by atoms with Crippen LogP contribution in [0.15, 0.2) is 0 Å². The highest BCUT2D eigenvalue weighted by Gasteiger charge is 2.27. The van der Waals surface area contributed by atoms with Crippen molar-refractivity contribution in [2.24, 2.45) is 0 Å². The van der Waals surface area contributed by atoms with Gasteiger partial charge >= 0.3 is 5.97 Å². The minimum Gasteiger partial charge on any atom is -0.466 e. The minimum absolute atomic E-state index is 0.0416. The number of likely N-dealkylation sites (tertiary alicyclic amines) is 2. The van der Waals surface area contributed by atoms with Gasteiger partial charge in [0.25, 0.3) is 0 Å². The van der Waals surface area contributed by atoms with Crippen molar-refractivity contribution in [3.8, 4) is 0 Å². The van der Waals surface area contributed by atoms with E-state index >= 15 is 0 Å². The van der Waals surface area contributed by atoms with Crippen molar-refractivity contribution < 1.29 is 9.53 Å². The number of esters is 1. The summed E-state index contributed by atoms with van der Waals surface area (Å²) in [5.41, 5.74) is 0. The van der Waals surface area contributed by atoms with Gasteiger partial charge in [0, 0.05) is 19.0 Å². The number of hydrogen-bond acceptors (Lipinski definition) is 4. The van der Waals surface area contributed by atoms with Gasteiger partial charge < -0.3 is 9.64 Å². The lowest BCUT2D eigenvalue weighted by Crippen LogP contribution is -2.40. The van der Waals surface area contributed by atoms with Gasteiger partial charge in [-0.2, -0.15) is 0 Å². The van der Waals surface area contributed by atoms with E-state index in [9.17, 15) is 4.79 Å². The van der Waals surface area contributed by atoms with E-state index in [1.807, 2.05) is 6.92 Å². The Morgan fingerprint density at radius 3 is 2.70 bits per heavy atom. The molecule has 2 saturated heterocycles. The molecule has 0 aromatic rings. The number of carbonyl (C=O) groups excluding carboxylic acids is 1. The van der Waals surface area contributed by atoms with E-state index in [0.717, 1.165) is 25.4 Å². The van der Waals surface area contributed by atoms with Crippen LogP contribution in [0, 0.1) is 0 Å². The Kier molecular flexibility index (Phi) is 6.80. The second kappa shape index (κ2) is 8.63. The minimum atomic E-state index is -0.0416. The van der Waals surface area contributed by atoms with Crippen molar-refractivity contribution in [2.75, 3.05) is 39.3 Å². The summed E-state index contributed by atoms with van der Waals surface area (Å²) in [6.45, 7) is 8.60. The fraction of sp³-hybridized carbons (Fsp3) is 0.938. The highest BCUT2D eigenvalue weighted by molar-refractivity contribution is 5.69. The van der Waals surface area contributed by atoms with E-state index in [1.54, 1.807) is 0 Å². The molecule has 0 aromatic carbocycles. The molecule has 0 aromatic heterocycles. The van der Waals surface area contributed by atoms with Crippen molar-refractivity contribution in [3.63, 3.8) is 0 Å². The van der Waals surface area contributed by atoms with Crippen molar-refractivity contribution >= 4 is 5.97 Å². The van der Waals surface area contributed by atoms with Gasteiger partial charge in [0.1, 0.15) is 0 Å². The zero-order valence-electron chi connectivity index (χ0n) is 13.0. The molecule has 116 valence electrons. The van der Waals surface area contributed by atoms with Gasteiger partial charge in [-0.1, -0.05) is 6.42 Å². The van der Waals surface area contributed by atoms with E-state index in [1.165, 1.54) is 51.9 Å². The van der Waals surface area contributed by atoms with E-state index in [2.05, 4.69) is 9.80 Å². The SMILES string of the molecule is CCOC(=O)CCCCN1CC[C@@H](N2CCCCC2)C1. The number of nitrogens with zero attached hydrogens (tertiary/aromatic N) is 2. The molecule has 0 bridgehead atoms. The summed E-state index contributed by atoms with van der Waals surface area (Å²) in [4.78, 5) is 16.5. The molecule has 0 N–H and O–H groups in total. The average Bonchev–Trinajstić information content (AvgIpc) is 2.94. The third-order valence-corrected chi connectivity index (χ3v) is 4.57. The van der Waals surface area contributed by atoms with Crippen molar-refractivity contribution in [1.82, 2.24) is 9.80 Å². The normalized spacial score (nSPS) is 24.9. The molecule has 2 aliphatic rings. The Morgan fingerprint density at radius 2 is 1.95 bits per heavy atom. The Labute approximate surface area is 123 Å². The summed E-state index contributed by atoms with van der Waals surface area (Å²) in [6.07, 6.45) is 8.18. The van der Waals surface area contributed by atoms with Crippen LogP contribution >= 0.6 is 0 Å². The van der Waals surface area contributed by atoms with Gasteiger partial charge in [0.05, 0.1) is 6.61 Å². The predicted octanol–water partition coefficient (Wildman–Crippen LogP) is 2.28. The largest absolute Gasteiger partial charge is 0.466 e. The lowest BCUT2D eigenvalue weighted by atomic mass is 10.1. The molecule has 0 aliphatic carbocycles. The maximum atomic E-state index is 11.3. The van der Waals surface area contributed by atoms with Gasteiger partial charge in [0.2, 0.25) is 0 Å². The Balaban J connectivity index is 1.55. The number of ether oxygens (including phenoxy) is 1. The van der Waals surface area contributed by atoms with Gasteiger partial charge in [-0.3, -0.25) is 9.69 Å². The number of unbranched alkanes of at least 4 members (excludes halogenated alkanes) is 1. The maximum Gasteiger partial charge on any atom is 0.305 e. The third-order valence-electron chi connectivity index (χ3n) is 4.57. The van der Waals surface area contributed by atoms with Crippen LogP contribution in [-0.4, -0.2) is 61.1 Å². The Morgan fingerprint density at radius 1 is 1.15 bits per heavy atom. The van der Waals surface area contributed by atoms with Crippen molar-refractivity contribution in [1.29, 1.82) is 0 Å². The fourth-order valence-electron chi connectivity index (χ4n) is 3.43. The standard InChI is InChI=1S/C16H30N2O2/c1-2-20-16(19)8-4-7-10-17-13-9-15(14-17)18-11-5-3-6-12-18/h15H,2-14H2,1H3/t15-/m1/s1. The number of carbonyl (C=O) groups is 1. The van der Waals surface area contributed by atoms with Gasteiger partial charge in [-0.15, -0.1) is 0 Å². The van der Waals surface area contributed by atoms with E-state index < -0.39 is 0 Å². The van der Waals surface area contributed by atoms with Crippen molar-refractivity contribution in [2.45, 2.75) is 57.9 Å². The molecule has 4 nitrogen and oxygen atoms in total. The molecule has 2 heterocycles. The summed E-state index contributed by atoms with van der Waals surface area (Å²) in [5, 5.41) is 0. The molecule has 0 saturated carbocycles. The first kappa shape index (κ1) is 15.8. The van der Waals surface area contributed by atoms with Crippen LogP contribution in [0.1, 0.15) is 51.9 Å². The van der Waals surface area contributed by atoms with Crippen LogP contribution in [0.5, 0.6) is 0 Å². The van der Waals surface area contributed by atoms with Crippen molar-refractivity contribution in [3.05, 3.63) is 0 Å². The summed E-state index contributed by atoms with van der Waals surface area (Å²) < 4.78 is 4.95. The monoisotopic (exact) mass is 282 g/mol. The summed E-state index contributed by atoms with van der Waals surface area (Å²) >= 11 is 0. The molecule has 1 atom stereocenters. The van der Waals surface area contributed by atoms with Crippen LogP contribution in [-0.2, 0) is 9.53 Å². The topological polar surface area (TPSA) is 32.8 Å². The summed E-state index contributed by atoms with van der Waals surface area (Å²) in [6, 6.07) is 0.792. The highest BCUT2D eigenvalue weighted by atomic mass is 16.5. The number of piperidine rings is 1. The molecule has 2 aliphatic heterocycles. The molecular formula is C16H30N2O2. The van der Waals surface area contributed by atoms with Crippen LogP contribution in [0.25, 0.3) is 0 Å². The lowest BCUT2D eigenvalue weighted by Gasteiger charge is -2.32. The smallest absolute Gasteiger partial charge is 0.305 e. The van der Waals surface area contributed by atoms with Crippen LogP contribution in [0.4, 0.5) is 0 Å². The molecule has 0 amide bonds. The highest BCUT2D eigenvalue weighted by Crippen LogP contribution is 2.20. The van der Waals surface area contributed by atoms with E-state index in [0.29, 0.717) is 13.0 Å². The molecule has 2 fully saturated rings. The van der Waals surface area contributed by atoms with Crippen LogP contribution in [0.2, 0.25) is 0 Å². The zero-order chi connectivity index (χ0) is 14.2. The first-order chi connectivity index (χ1) is 9.79. The van der Waals surface area contributed by atoms with Gasteiger partial charge in [-0.25, -0.2) is 0 Å². The molecule has 4 heteroatoms. The van der Waals surface area contributed by atoms with Gasteiger partial charge in [-0.05, 0) is 65.2 Å². The Hall–Kier alpha value is -0.610. The second-order valence-electron chi connectivity index (χ2n) is 6.10. The quantitative estimate of drug-likeness (QED) is 0.530. The fourth-order valence-corrected chi connectivity index (χ4v) is 3.43. The molecule has 2 rings (SSSR count). The van der Waals surface area contributed by atoms with Crippen LogP contribution < -0.4 is 0 Å². The maximum absolute atomic E-state index is 11.3. The predicted molar refractivity (Wildman–Crippen MR) is 80.8 cm³/mol. The zero-order valence-corrected chi connectivity index (χ0v) is 13.0. The summed E-state index contributed by atoms with van der Waals surface area (Å²) in [5.74, 6) is -0.0416. The first-order valence-corrected chi connectivity index (χ1v) is 8.41. The molecule has 20 heavy (non-hydrogen) atoms. The number of hydrogen-bond donors (Lipinski definition) is 0. The molecule has 0 radical (unpaired) electrons. The second-order valence-corrected chi connectivity index (χ2v) is 6.10. The van der Waals surface area contributed by atoms with E-state index in [-0.39, 0.29) is 5.97 Å². The molecular weight excluding hydrogens is 252 g/mol. The molecule has 0 spiro atoms. The van der Waals surface area contributed by atoms with E-state index in [4.69, 9.17) is 4.74 Å². The average molecular weight is 282 g/mol. The van der Waals surface area contributed by atoms with Crippen LogP contribution in [0.3, 0.4) is 0 Å². The Bertz CT molecular complexity index is 290. The lowest BCUT2D eigenvalue weighted by molar-refractivity contribution is -0.143. The number of rotatable bonds is 7. The summed E-state index contributed by atoms with van der Waals surface area (Å²) in [7, 11) is 0. The first-order valence-electron chi connectivity index (χ1n) is 8.41. The third kappa shape index (κ3) is 5.06.